The molecule has 1 aliphatic heterocycles. The summed E-state index contributed by atoms with van der Waals surface area (Å²) in [4.78, 5) is 6.07. The van der Waals surface area contributed by atoms with Crippen molar-refractivity contribution in [1.82, 2.24) is 14.2 Å². The highest BCUT2D eigenvalue weighted by atomic mass is 32.2. The highest BCUT2D eigenvalue weighted by Gasteiger charge is 2.31. The van der Waals surface area contributed by atoms with Gasteiger partial charge in [0.2, 0.25) is 0 Å². The Morgan fingerprint density at radius 3 is 2.60 bits per heavy atom. The maximum atomic E-state index is 12.5. The predicted octanol–water partition coefficient (Wildman–Crippen LogP) is 0.626. The third-order valence-electron chi connectivity index (χ3n) is 3.58. The van der Waals surface area contributed by atoms with Crippen LogP contribution in [-0.2, 0) is 10.0 Å². The molecule has 0 unspecified atom stereocenters. The van der Waals surface area contributed by atoms with Crippen LogP contribution < -0.4 is 5.73 Å². The molecule has 0 spiro atoms. The van der Waals surface area contributed by atoms with Gasteiger partial charge in [0.15, 0.2) is 5.03 Å². The molecule has 2 N–H and O–H groups in total. The summed E-state index contributed by atoms with van der Waals surface area (Å²) in [5.74, 6) is 0.553. The Bertz CT molecular complexity index is 551. The van der Waals surface area contributed by atoms with Crippen molar-refractivity contribution in [3.63, 3.8) is 0 Å². The van der Waals surface area contributed by atoms with Gasteiger partial charge in [-0.3, -0.25) is 0 Å². The second-order valence-electron chi connectivity index (χ2n) is 5.51. The Kier molecular flexibility index (Phi) is 4.62. The second kappa shape index (κ2) is 6.07. The number of nitrogens with two attached hydrogens (primary N) is 1. The van der Waals surface area contributed by atoms with E-state index in [1.807, 2.05) is 14.1 Å². The van der Waals surface area contributed by atoms with Crippen LogP contribution in [0.1, 0.15) is 12.8 Å². The van der Waals surface area contributed by atoms with Gasteiger partial charge in [-0.05, 0) is 45.0 Å². The van der Waals surface area contributed by atoms with Crippen LogP contribution >= 0.6 is 0 Å². The fraction of sp³-hybridized carbons (Fsp3) is 0.615. The molecule has 0 radical (unpaired) electrons. The van der Waals surface area contributed by atoms with Gasteiger partial charge in [0, 0.05) is 25.8 Å². The van der Waals surface area contributed by atoms with Crippen molar-refractivity contribution in [1.29, 1.82) is 0 Å². The monoisotopic (exact) mass is 298 g/mol. The third kappa shape index (κ3) is 3.28. The molecule has 1 aliphatic rings. The number of piperidine rings is 1. The molecule has 112 valence electrons. The molecule has 0 saturated carbocycles. The van der Waals surface area contributed by atoms with Gasteiger partial charge >= 0.3 is 0 Å². The van der Waals surface area contributed by atoms with E-state index in [0.29, 0.717) is 19.0 Å². The first kappa shape index (κ1) is 15.2. The van der Waals surface area contributed by atoms with E-state index in [9.17, 15) is 8.42 Å². The van der Waals surface area contributed by atoms with Crippen molar-refractivity contribution in [2.75, 3.05) is 39.5 Å². The number of pyridine rings is 1. The molecule has 2 heterocycles. The first-order valence-electron chi connectivity index (χ1n) is 6.76. The zero-order valence-electron chi connectivity index (χ0n) is 12.0. The van der Waals surface area contributed by atoms with Gasteiger partial charge in [0.25, 0.3) is 10.0 Å². The van der Waals surface area contributed by atoms with Crippen LogP contribution in [0.5, 0.6) is 0 Å². The topological polar surface area (TPSA) is 79.5 Å². The Morgan fingerprint density at radius 1 is 1.40 bits per heavy atom. The summed E-state index contributed by atoms with van der Waals surface area (Å²) in [5.41, 5.74) is 5.94. The van der Waals surface area contributed by atoms with Gasteiger partial charge in [0.05, 0.1) is 5.69 Å². The summed E-state index contributed by atoms with van der Waals surface area (Å²) < 4.78 is 26.5. The van der Waals surface area contributed by atoms with Gasteiger partial charge in [0.1, 0.15) is 0 Å². The molecule has 1 fully saturated rings. The van der Waals surface area contributed by atoms with E-state index in [-0.39, 0.29) is 10.7 Å². The van der Waals surface area contributed by atoms with E-state index < -0.39 is 10.0 Å². The minimum absolute atomic E-state index is 0.0222. The van der Waals surface area contributed by atoms with Gasteiger partial charge in [-0.2, -0.15) is 4.31 Å². The fourth-order valence-electron chi connectivity index (χ4n) is 2.59. The van der Waals surface area contributed by atoms with Crippen LogP contribution in [0.15, 0.2) is 23.4 Å². The Hall–Kier alpha value is -1.18. The lowest BCUT2D eigenvalue weighted by Gasteiger charge is -2.32. The maximum absolute atomic E-state index is 12.5. The highest BCUT2D eigenvalue weighted by molar-refractivity contribution is 7.89. The molecular weight excluding hydrogens is 276 g/mol. The van der Waals surface area contributed by atoms with Crippen LogP contribution in [0, 0.1) is 5.92 Å². The molecule has 1 aromatic heterocycles. The summed E-state index contributed by atoms with van der Waals surface area (Å²) >= 11 is 0. The van der Waals surface area contributed by atoms with Crippen LogP contribution in [0.2, 0.25) is 0 Å². The molecule has 1 saturated heterocycles. The molecule has 0 aliphatic carbocycles. The number of rotatable bonds is 4. The van der Waals surface area contributed by atoms with Crippen molar-refractivity contribution in [2.45, 2.75) is 17.9 Å². The molecule has 0 amide bonds. The number of hydrogen-bond donors (Lipinski definition) is 1. The Balaban J connectivity index is 2.08. The Labute approximate surface area is 120 Å². The quantitative estimate of drug-likeness (QED) is 0.882. The smallest absolute Gasteiger partial charge is 0.262 e. The molecule has 0 atom stereocenters. The molecule has 1 aromatic rings. The number of anilines is 1. The number of hydrogen-bond acceptors (Lipinski definition) is 5. The van der Waals surface area contributed by atoms with Gasteiger partial charge in [-0.15, -0.1) is 0 Å². The van der Waals surface area contributed by atoms with Crippen molar-refractivity contribution in [3.05, 3.63) is 18.3 Å². The minimum atomic E-state index is -3.56. The molecule has 6 nitrogen and oxygen atoms in total. The average Bonchev–Trinajstić information content (AvgIpc) is 2.39. The van der Waals surface area contributed by atoms with E-state index in [1.165, 1.54) is 10.5 Å². The largest absolute Gasteiger partial charge is 0.396 e. The number of sulfonamides is 1. The van der Waals surface area contributed by atoms with E-state index in [1.54, 1.807) is 12.1 Å². The average molecular weight is 298 g/mol. The van der Waals surface area contributed by atoms with Crippen molar-refractivity contribution >= 4 is 15.7 Å². The van der Waals surface area contributed by atoms with Crippen molar-refractivity contribution < 1.29 is 8.42 Å². The molecular formula is C13H22N4O2S. The van der Waals surface area contributed by atoms with E-state index in [2.05, 4.69) is 9.88 Å². The minimum Gasteiger partial charge on any atom is -0.396 e. The number of aromatic nitrogens is 1. The SMILES string of the molecule is CN(C)CC1CCN(S(=O)(=O)c2ncccc2N)CC1. The predicted molar refractivity (Wildman–Crippen MR) is 78.7 cm³/mol. The van der Waals surface area contributed by atoms with Gasteiger partial charge in [-0.1, -0.05) is 0 Å². The fourth-order valence-corrected chi connectivity index (χ4v) is 4.09. The first-order valence-corrected chi connectivity index (χ1v) is 8.20. The summed E-state index contributed by atoms with van der Waals surface area (Å²) in [6, 6.07) is 3.20. The van der Waals surface area contributed by atoms with Crippen LogP contribution in [0.3, 0.4) is 0 Å². The van der Waals surface area contributed by atoms with Crippen LogP contribution in [0.25, 0.3) is 0 Å². The van der Waals surface area contributed by atoms with E-state index >= 15 is 0 Å². The number of nitrogen functional groups attached to an aromatic ring is 1. The van der Waals surface area contributed by atoms with Crippen molar-refractivity contribution in [3.8, 4) is 0 Å². The van der Waals surface area contributed by atoms with Crippen molar-refractivity contribution in [2.24, 2.45) is 5.92 Å². The summed E-state index contributed by atoms with van der Waals surface area (Å²) in [5, 5.41) is -0.0222. The standard InChI is InChI=1S/C13H22N4O2S/c1-16(2)10-11-5-8-17(9-6-11)20(18,19)13-12(14)4-3-7-15-13/h3-4,7,11H,5-6,8-10,14H2,1-2H3. The molecule has 0 bridgehead atoms. The summed E-state index contributed by atoms with van der Waals surface area (Å²) in [7, 11) is 0.518. The van der Waals surface area contributed by atoms with E-state index in [0.717, 1.165) is 19.4 Å². The normalized spacial score (nSPS) is 18.6. The van der Waals surface area contributed by atoms with E-state index in [4.69, 9.17) is 5.73 Å². The van der Waals surface area contributed by atoms with Gasteiger partial charge < -0.3 is 10.6 Å². The zero-order chi connectivity index (χ0) is 14.8. The Morgan fingerprint density at radius 2 is 2.05 bits per heavy atom. The first-order chi connectivity index (χ1) is 9.41. The summed E-state index contributed by atoms with van der Waals surface area (Å²) in [6.07, 6.45) is 3.22. The molecule has 20 heavy (non-hydrogen) atoms. The van der Waals surface area contributed by atoms with Gasteiger partial charge in [-0.25, -0.2) is 13.4 Å². The summed E-state index contributed by atoms with van der Waals surface area (Å²) in [6.45, 7) is 2.08. The second-order valence-corrected chi connectivity index (χ2v) is 7.36. The number of nitrogens with zero attached hydrogens (tertiary/aromatic N) is 3. The maximum Gasteiger partial charge on any atom is 0.262 e. The van der Waals surface area contributed by atoms with Crippen LogP contribution in [-0.4, -0.2) is 56.3 Å². The highest BCUT2D eigenvalue weighted by Crippen LogP contribution is 2.25. The van der Waals surface area contributed by atoms with Crippen LogP contribution in [0.4, 0.5) is 5.69 Å². The molecule has 7 heteroatoms. The lowest BCUT2D eigenvalue weighted by Crippen LogP contribution is -2.41. The zero-order valence-corrected chi connectivity index (χ0v) is 12.8. The third-order valence-corrected chi connectivity index (χ3v) is 5.46. The lowest BCUT2D eigenvalue weighted by molar-refractivity contribution is 0.224. The molecule has 0 aromatic carbocycles. The lowest BCUT2D eigenvalue weighted by atomic mass is 9.98. The molecule has 2 rings (SSSR count).